The minimum atomic E-state index is -0.403. The number of ether oxygens (including phenoxy) is 1. The van der Waals surface area contributed by atoms with Crippen molar-refractivity contribution in [1.29, 1.82) is 0 Å². The predicted octanol–water partition coefficient (Wildman–Crippen LogP) is 4.40. The molecular weight excluding hydrogens is 469 g/mol. The van der Waals surface area contributed by atoms with Gasteiger partial charge in [0.1, 0.15) is 0 Å². The van der Waals surface area contributed by atoms with Crippen molar-refractivity contribution in [3.63, 3.8) is 0 Å². The Kier molecular flexibility index (Phi) is 5.84. The van der Waals surface area contributed by atoms with Crippen LogP contribution in [-0.4, -0.2) is 28.8 Å². The van der Waals surface area contributed by atoms with Gasteiger partial charge in [0.05, 0.1) is 16.8 Å². The zero-order valence-electron chi connectivity index (χ0n) is 15.4. The molecule has 0 aliphatic carbocycles. The number of amides is 1. The van der Waals surface area contributed by atoms with Crippen molar-refractivity contribution in [2.45, 2.75) is 32.5 Å². The standard InChI is InChI=1S/C21H20IN3O3/c1-13-19(21(26)25-28-18-4-2-3-11-27-18)16-12-23-10-9-17(16)24-20(13)14-5-7-15(22)8-6-14/h5-10,12,18H,2-4,11H2,1H3,(H,25,26). The number of carbonyl (C=O) groups excluding carboxylic acids is 1. The van der Waals surface area contributed by atoms with E-state index >= 15 is 0 Å². The number of benzene rings is 1. The Labute approximate surface area is 176 Å². The highest BCUT2D eigenvalue weighted by Gasteiger charge is 2.21. The summed E-state index contributed by atoms with van der Waals surface area (Å²) in [6, 6.07) is 9.89. The van der Waals surface area contributed by atoms with E-state index in [1.54, 1.807) is 12.4 Å². The molecule has 1 aliphatic heterocycles. The number of hydrogen-bond acceptors (Lipinski definition) is 5. The molecule has 0 radical (unpaired) electrons. The van der Waals surface area contributed by atoms with E-state index in [4.69, 9.17) is 14.6 Å². The van der Waals surface area contributed by atoms with Crippen LogP contribution in [0.25, 0.3) is 22.2 Å². The lowest BCUT2D eigenvalue weighted by Crippen LogP contribution is -2.33. The van der Waals surface area contributed by atoms with Crippen LogP contribution >= 0.6 is 22.6 Å². The van der Waals surface area contributed by atoms with Crippen LogP contribution < -0.4 is 5.48 Å². The number of hydroxylamine groups is 1. The molecule has 4 rings (SSSR count). The summed E-state index contributed by atoms with van der Waals surface area (Å²) in [7, 11) is 0. The molecule has 1 saturated heterocycles. The maximum Gasteiger partial charge on any atom is 0.276 e. The van der Waals surface area contributed by atoms with Gasteiger partial charge in [0, 0.05) is 39.9 Å². The number of aromatic nitrogens is 2. The highest BCUT2D eigenvalue weighted by molar-refractivity contribution is 14.1. The average molecular weight is 489 g/mol. The fourth-order valence-corrected chi connectivity index (χ4v) is 3.72. The van der Waals surface area contributed by atoms with Crippen LogP contribution in [0.4, 0.5) is 0 Å². The molecule has 1 aromatic carbocycles. The van der Waals surface area contributed by atoms with E-state index in [9.17, 15) is 4.79 Å². The number of rotatable bonds is 4. The summed E-state index contributed by atoms with van der Waals surface area (Å²) in [5.74, 6) is -0.321. The molecule has 144 valence electrons. The molecule has 0 bridgehead atoms. The van der Waals surface area contributed by atoms with Gasteiger partial charge in [-0.3, -0.25) is 9.78 Å². The fraction of sp³-hybridized carbons (Fsp3) is 0.286. The van der Waals surface area contributed by atoms with E-state index in [1.807, 2.05) is 37.3 Å². The van der Waals surface area contributed by atoms with Gasteiger partial charge in [-0.25, -0.2) is 15.3 Å². The first-order valence-electron chi connectivity index (χ1n) is 9.21. The Morgan fingerprint density at radius 1 is 1.25 bits per heavy atom. The van der Waals surface area contributed by atoms with Crippen LogP contribution in [0.1, 0.15) is 35.2 Å². The molecule has 1 N–H and O–H groups in total. The molecule has 1 fully saturated rings. The third-order valence-corrected chi connectivity index (χ3v) is 5.51. The number of fused-ring (bicyclic) bond motifs is 1. The van der Waals surface area contributed by atoms with Gasteiger partial charge in [-0.2, -0.15) is 0 Å². The Hall–Kier alpha value is -2.10. The fourth-order valence-electron chi connectivity index (χ4n) is 3.36. The average Bonchev–Trinajstić information content (AvgIpc) is 2.73. The van der Waals surface area contributed by atoms with Crippen molar-refractivity contribution in [2.24, 2.45) is 0 Å². The zero-order chi connectivity index (χ0) is 19.5. The number of nitrogens with one attached hydrogen (secondary N) is 1. The summed E-state index contributed by atoms with van der Waals surface area (Å²) in [6.07, 6.45) is 5.76. The van der Waals surface area contributed by atoms with E-state index in [2.05, 4.69) is 33.1 Å². The van der Waals surface area contributed by atoms with Gasteiger partial charge in [-0.15, -0.1) is 0 Å². The predicted molar refractivity (Wildman–Crippen MR) is 115 cm³/mol. The summed E-state index contributed by atoms with van der Waals surface area (Å²) in [5, 5.41) is 0.694. The highest BCUT2D eigenvalue weighted by Crippen LogP contribution is 2.29. The second-order valence-corrected chi connectivity index (χ2v) is 7.95. The number of pyridine rings is 2. The lowest BCUT2D eigenvalue weighted by molar-refractivity contribution is -0.186. The van der Waals surface area contributed by atoms with Crippen molar-refractivity contribution in [3.8, 4) is 11.3 Å². The molecule has 7 heteroatoms. The third kappa shape index (κ3) is 4.01. The SMILES string of the molecule is Cc1c(-c2ccc(I)cc2)nc2ccncc2c1C(=O)NOC1CCCCO1. The lowest BCUT2D eigenvalue weighted by Gasteiger charge is -2.22. The molecule has 0 saturated carbocycles. The van der Waals surface area contributed by atoms with Crippen LogP contribution in [0.15, 0.2) is 42.7 Å². The van der Waals surface area contributed by atoms with E-state index < -0.39 is 6.29 Å². The summed E-state index contributed by atoms with van der Waals surface area (Å²) in [5.41, 5.74) is 6.32. The van der Waals surface area contributed by atoms with Crippen molar-refractivity contribution < 1.29 is 14.4 Å². The molecule has 1 aliphatic rings. The minimum Gasteiger partial charge on any atom is -0.350 e. The molecule has 28 heavy (non-hydrogen) atoms. The summed E-state index contributed by atoms with van der Waals surface area (Å²) in [4.78, 5) is 27.5. The maximum absolute atomic E-state index is 13.0. The van der Waals surface area contributed by atoms with Gasteiger partial charge < -0.3 is 4.74 Å². The number of hydrogen-bond donors (Lipinski definition) is 1. The van der Waals surface area contributed by atoms with Gasteiger partial charge >= 0.3 is 0 Å². The van der Waals surface area contributed by atoms with Crippen molar-refractivity contribution in [2.75, 3.05) is 6.61 Å². The lowest BCUT2D eigenvalue weighted by atomic mass is 9.98. The third-order valence-electron chi connectivity index (χ3n) is 4.80. The van der Waals surface area contributed by atoms with Crippen LogP contribution in [-0.2, 0) is 9.57 Å². The number of nitrogens with zero attached hydrogens (tertiary/aromatic N) is 2. The smallest absolute Gasteiger partial charge is 0.276 e. The van der Waals surface area contributed by atoms with Crippen molar-refractivity contribution >= 4 is 39.4 Å². The summed E-state index contributed by atoms with van der Waals surface area (Å²) < 4.78 is 6.67. The van der Waals surface area contributed by atoms with Gasteiger partial charge in [-0.1, -0.05) is 12.1 Å². The quantitative estimate of drug-likeness (QED) is 0.435. The highest BCUT2D eigenvalue weighted by atomic mass is 127. The first-order valence-corrected chi connectivity index (χ1v) is 10.3. The zero-order valence-corrected chi connectivity index (χ0v) is 17.6. The second-order valence-electron chi connectivity index (χ2n) is 6.71. The second kappa shape index (κ2) is 8.50. The Balaban J connectivity index is 1.72. The largest absolute Gasteiger partial charge is 0.350 e. The first-order chi connectivity index (χ1) is 13.6. The monoisotopic (exact) mass is 489 g/mol. The number of halogens is 1. The maximum atomic E-state index is 13.0. The van der Waals surface area contributed by atoms with E-state index in [1.165, 1.54) is 0 Å². The molecular formula is C21H20IN3O3. The molecule has 1 atom stereocenters. The van der Waals surface area contributed by atoms with Gasteiger partial charge in [0.2, 0.25) is 0 Å². The Morgan fingerprint density at radius 3 is 2.82 bits per heavy atom. The van der Waals surface area contributed by atoms with Crippen molar-refractivity contribution in [1.82, 2.24) is 15.4 Å². The number of carbonyl (C=O) groups is 1. The van der Waals surface area contributed by atoms with Gasteiger partial charge in [0.15, 0.2) is 6.29 Å². The molecule has 1 unspecified atom stereocenters. The molecule has 2 aromatic heterocycles. The van der Waals surface area contributed by atoms with Gasteiger partial charge in [-0.05, 0) is 66.1 Å². The van der Waals surface area contributed by atoms with Crippen LogP contribution in [0, 0.1) is 10.5 Å². The Bertz CT molecular complexity index is 1000. The molecule has 6 nitrogen and oxygen atoms in total. The van der Waals surface area contributed by atoms with E-state index in [0.29, 0.717) is 23.1 Å². The molecule has 0 spiro atoms. The molecule has 3 heterocycles. The van der Waals surface area contributed by atoms with E-state index in [0.717, 1.165) is 39.7 Å². The van der Waals surface area contributed by atoms with Crippen LogP contribution in [0.3, 0.4) is 0 Å². The molecule has 1 amide bonds. The molecule has 3 aromatic rings. The van der Waals surface area contributed by atoms with Crippen LogP contribution in [0.5, 0.6) is 0 Å². The Morgan fingerprint density at radius 2 is 2.07 bits per heavy atom. The normalized spacial score (nSPS) is 16.9. The van der Waals surface area contributed by atoms with Gasteiger partial charge in [0.25, 0.3) is 5.91 Å². The van der Waals surface area contributed by atoms with Crippen molar-refractivity contribution in [3.05, 3.63) is 57.4 Å². The van der Waals surface area contributed by atoms with E-state index in [-0.39, 0.29) is 5.91 Å². The first kappa shape index (κ1) is 19.2. The summed E-state index contributed by atoms with van der Waals surface area (Å²) in [6.45, 7) is 2.55. The van der Waals surface area contributed by atoms with Crippen LogP contribution in [0.2, 0.25) is 0 Å². The topological polar surface area (TPSA) is 73.3 Å². The summed E-state index contributed by atoms with van der Waals surface area (Å²) >= 11 is 2.27. The minimum absolute atomic E-state index is 0.321.